The maximum atomic E-state index is 14.2. The molecule has 1 amide bonds. The summed E-state index contributed by atoms with van der Waals surface area (Å²) in [6, 6.07) is -0.302. The van der Waals surface area contributed by atoms with Gasteiger partial charge in [0.1, 0.15) is 5.56 Å². The van der Waals surface area contributed by atoms with Crippen LogP contribution in [0.4, 0.5) is 17.6 Å². The van der Waals surface area contributed by atoms with E-state index in [1.54, 1.807) is 0 Å². The van der Waals surface area contributed by atoms with Gasteiger partial charge in [0.05, 0.1) is 0 Å². The molecule has 1 aromatic carbocycles. The van der Waals surface area contributed by atoms with Crippen molar-refractivity contribution in [1.29, 1.82) is 0 Å². The molecule has 0 saturated heterocycles. The van der Waals surface area contributed by atoms with Gasteiger partial charge in [-0.15, -0.1) is 0 Å². The van der Waals surface area contributed by atoms with Crippen LogP contribution in [0.15, 0.2) is 0 Å². The van der Waals surface area contributed by atoms with Gasteiger partial charge in [-0.25, -0.2) is 8.78 Å². The van der Waals surface area contributed by atoms with Crippen LogP contribution >= 0.6 is 0 Å². The average Bonchev–Trinajstić information content (AvgIpc) is 2.60. The van der Waals surface area contributed by atoms with Gasteiger partial charge in [-0.3, -0.25) is 9.59 Å². The second-order valence-corrected chi connectivity index (χ2v) is 7.42. The summed E-state index contributed by atoms with van der Waals surface area (Å²) in [5.74, 6) is -10.4. The molecular formula is C19H21F4NO3. The molecule has 27 heavy (non-hydrogen) atoms. The van der Waals surface area contributed by atoms with E-state index in [1.807, 2.05) is 0 Å². The number of hydrogen-bond acceptors (Lipinski definition) is 3. The van der Waals surface area contributed by atoms with E-state index in [9.17, 15) is 27.2 Å². The van der Waals surface area contributed by atoms with Gasteiger partial charge in [0.2, 0.25) is 17.4 Å². The number of carbonyl (C=O) groups excluding carboxylic acids is 2. The van der Waals surface area contributed by atoms with Gasteiger partial charge < -0.3 is 10.1 Å². The fraction of sp³-hybridized carbons (Fsp3) is 0.579. The summed E-state index contributed by atoms with van der Waals surface area (Å²) in [5, 5.41) is 2.52. The zero-order valence-electron chi connectivity index (χ0n) is 14.9. The van der Waals surface area contributed by atoms with Crippen molar-refractivity contribution in [1.82, 2.24) is 5.32 Å². The molecule has 148 valence electrons. The molecule has 1 N–H and O–H groups in total. The highest BCUT2D eigenvalue weighted by atomic mass is 19.2. The van der Waals surface area contributed by atoms with Crippen LogP contribution in [0, 0.1) is 35.1 Å². The third-order valence-electron chi connectivity index (χ3n) is 5.54. The molecule has 3 fully saturated rings. The van der Waals surface area contributed by atoms with Crippen LogP contribution in [0.25, 0.3) is 0 Å². The van der Waals surface area contributed by atoms with Crippen molar-refractivity contribution < 1.29 is 31.9 Å². The normalized spacial score (nSPS) is 24.9. The topological polar surface area (TPSA) is 55.4 Å². The average molecular weight is 387 g/mol. The van der Waals surface area contributed by atoms with Crippen LogP contribution in [0.2, 0.25) is 0 Å². The molecule has 3 saturated carbocycles. The molecule has 1 aromatic rings. The lowest BCUT2D eigenvalue weighted by molar-refractivity contribution is -0.132. The number of halogens is 4. The molecule has 3 aliphatic rings. The molecule has 4 rings (SSSR count). The molecule has 1 unspecified atom stereocenters. The van der Waals surface area contributed by atoms with E-state index in [1.165, 1.54) is 0 Å². The lowest BCUT2D eigenvalue weighted by Gasteiger charge is -2.35. The number of hydrogen-bond donors (Lipinski definition) is 1. The molecule has 0 spiro atoms. The first kappa shape index (κ1) is 19.6. The molecule has 1 atom stereocenters. The molecule has 2 bridgehead atoms. The quantitative estimate of drug-likeness (QED) is 0.365. The summed E-state index contributed by atoms with van der Waals surface area (Å²) < 4.78 is 60.6. The maximum absolute atomic E-state index is 14.2. The standard InChI is InChI=1S/C19H21F4NO3/c1-9(25)27-18-16(22)14(20)13(15(21)17(18)23)19(26)24-12-7-6-10-2-4-11(8-12)5-3-10/h10-12H,2-8H2,1H3,(H,24,26). The van der Waals surface area contributed by atoms with Crippen molar-refractivity contribution in [2.45, 2.75) is 57.9 Å². The lowest BCUT2D eigenvalue weighted by atomic mass is 9.73. The summed E-state index contributed by atoms with van der Waals surface area (Å²) in [5.41, 5.74) is -1.34. The maximum Gasteiger partial charge on any atom is 0.308 e. The van der Waals surface area contributed by atoms with Crippen LogP contribution in [0.3, 0.4) is 0 Å². The van der Waals surface area contributed by atoms with E-state index in [0.717, 1.165) is 39.0 Å². The predicted octanol–water partition coefficient (Wildman–Crippen LogP) is 4.26. The van der Waals surface area contributed by atoms with E-state index in [0.29, 0.717) is 24.7 Å². The van der Waals surface area contributed by atoms with Gasteiger partial charge >= 0.3 is 5.97 Å². The first-order chi connectivity index (χ1) is 12.8. The summed E-state index contributed by atoms with van der Waals surface area (Å²) in [7, 11) is 0. The Morgan fingerprint density at radius 3 is 1.93 bits per heavy atom. The monoisotopic (exact) mass is 387 g/mol. The van der Waals surface area contributed by atoms with Crippen molar-refractivity contribution >= 4 is 11.9 Å². The minimum absolute atomic E-state index is 0.302. The van der Waals surface area contributed by atoms with Crippen molar-refractivity contribution in [3.05, 3.63) is 28.8 Å². The molecule has 8 heteroatoms. The number of amides is 1. The number of nitrogens with one attached hydrogen (secondary N) is 1. The van der Waals surface area contributed by atoms with E-state index >= 15 is 0 Å². The number of benzene rings is 1. The van der Waals surface area contributed by atoms with E-state index in [4.69, 9.17) is 0 Å². The molecule has 0 aliphatic heterocycles. The zero-order chi connectivity index (χ0) is 19.7. The Labute approximate surface area is 154 Å². The van der Waals surface area contributed by atoms with Crippen LogP contribution in [0.5, 0.6) is 5.75 Å². The van der Waals surface area contributed by atoms with Crippen LogP contribution < -0.4 is 10.1 Å². The number of ether oxygens (including phenoxy) is 1. The minimum atomic E-state index is -1.91. The van der Waals surface area contributed by atoms with Gasteiger partial charge in [-0.1, -0.05) is 25.7 Å². The van der Waals surface area contributed by atoms with Crippen molar-refractivity contribution in [2.24, 2.45) is 11.8 Å². The number of fused-ring (bicyclic) bond motifs is 5. The Balaban J connectivity index is 1.83. The highest BCUT2D eigenvalue weighted by molar-refractivity contribution is 5.95. The van der Waals surface area contributed by atoms with Gasteiger partial charge in [0.25, 0.3) is 5.91 Å². The van der Waals surface area contributed by atoms with Gasteiger partial charge in [0.15, 0.2) is 11.6 Å². The smallest absolute Gasteiger partial charge is 0.308 e. The molecular weight excluding hydrogens is 366 g/mol. The fourth-order valence-corrected chi connectivity index (χ4v) is 4.15. The Hall–Kier alpha value is -2.12. The Kier molecular flexibility index (Phi) is 5.72. The first-order valence-corrected chi connectivity index (χ1v) is 9.13. The van der Waals surface area contributed by atoms with Crippen molar-refractivity contribution in [2.75, 3.05) is 0 Å². The Morgan fingerprint density at radius 1 is 0.852 bits per heavy atom. The SMILES string of the molecule is CC(=O)Oc1c(F)c(F)c(C(=O)NC2CCC3CCC(CC3)C2)c(F)c1F. The fourth-order valence-electron chi connectivity index (χ4n) is 4.15. The van der Waals surface area contributed by atoms with Gasteiger partial charge in [-0.2, -0.15) is 8.78 Å². The summed E-state index contributed by atoms with van der Waals surface area (Å²) in [6.07, 6.45) is 6.66. The van der Waals surface area contributed by atoms with Crippen LogP contribution in [-0.2, 0) is 4.79 Å². The van der Waals surface area contributed by atoms with E-state index < -0.39 is 46.5 Å². The van der Waals surface area contributed by atoms with Crippen LogP contribution in [0.1, 0.15) is 62.2 Å². The summed E-state index contributed by atoms with van der Waals surface area (Å²) in [4.78, 5) is 23.2. The highest BCUT2D eigenvalue weighted by Gasteiger charge is 2.33. The lowest BCUT2D eigenvalue weighted by Crippen LogP contribution is -2.40. The van der Waals surface area contributed by atoms with Gasteiger partial charge in [-0.05, 0) is 31.1 Å². The summed E-state index contributed by atoms with van der Waals surface area (Å²) in [6.45, 7) is 0.831. The molecule has 0 radical (unpaired) electrons. The predicted molar refractivity (Wildman–Crippen MR) is 88.1 cm³/mol. The molecule has 0 aromatic heterocycles. The second-order valence-electron chi connectivity index (χ2n) is 7.42. The highest BCUT2D eigenvalue weighted by Crippen LogP contribution is 2.38. The largest absolute Gasteiger partial charge is 0.420 e. The number of carbonyl (C=O) groups is 2. The van der Waals surface area contributed by atoms with Crippen LogP contribution in [-0.4, -0.2) is 17.9 Å². The molecule has 3 aliphatic carbocycles. The number of rotatable bonds is 3. The Morgan fingerprint density at radius 2 is 1.37 bits per heavy atom. The van der Waals surface area contributed by atoms with Crippen molar-refractivity contribution in [3.63, 3.8) is 0 Å². The van der Waals surface area contributed by atoms with Crippen molar-refractivity contribution in [3.8, 4) is 5.75 Å². The molecule has 4 nitrogen and oxygen atoms in total. The first-order valence-electron chi connectivity index (χ1n) is 9.13. The number of esters is 1. The second kappa shape index (κ2) is 7.86. The Bertz CT molecular complexity index is 731. The van der Waals surface area contributed by atoms with Gasteiger partial charge in [0, 0.05) is 13.0 Å². The summed E-state index contributed by atoms with van der Waals surface area (Å²) >= 11 is 0. The third-order valence-corrected chi connectivity index (χ3v) is 5.54. The third kappa shape index (κ3) is 4.09. The zero-order valence-corrected chi connectivity index (χ0v) is 14.9. The van der Waals surface area contributed by atoms with E-state index in [-0.39, 0.29) is 6.04 Å². The van der Waals surface area contributed by atoms with E-state index in [2.05, 4.69) is 10.1 Å². The molecule has 0 heterocycles. The minimum Gasteiger partial charge on any atom is -0.420 e.